The van der Waals surface area contributed by atoms with Crippen LogP contribution < -0.4 is 5.32 Å². The summed E-state index contributed by atoms with van der Waals surface area (Å²) in [5, 5.41) is 5.28. The number of hydrogen-bond donors (Lipinski definition) is 1. The fourth-order valence-corrected chi connectivity index (χ4v) is 4.21. The molecule has 2 aromatic heterocycles. The summed E-state index contributed by atoms with van der Waals surface area (Å²) >= 11 is 1.78. The topological polar surface area (TPSA) is 37.3 Å². The summed E-state index contributed by atoms with van der Waals surface area (Å²) in [6, 6.07) is 8.45. The molecule has 0 radical (unpaired) electrons. The molecule has 24 heavy (non-hydrogen) atoms. The molecule has 1 saturated heterocycles. The third-order valence-corrected chi connectivity index (χ3v) is 6.17. The highest BCUT2D eigenvalue weighted by atomic mass is 32.1. The lowest BCUT2D eigenvalue weighted by Gasteiger charge is -2.36. The van der Waals surface area contributed by atoms with Crippen LogP contribution >= 0.6 is 11.3 Å². The Kier molecular flexibility index (Phi) is 5.41. The van der Waals surface area contributed by atoms with Gasteiger partial charge < -0.3 is 9.88 Å². The molecule has 1 atom stereocenters. The predicted octanol–water partition coefficient (Wildman–Crippen LogP) is 3.60. The monoisotopic (exact) mass is 345 g/mol. The fraction of sp³-hybridized carbons (Fsp3) is 0.526. The minimum atomic E-state index is 0.0116. The lowest BCUT2D eigenvalue weighted by atomic mass is 9.97. The van der Waals surface area contributed by atoms with Crippen LogP contribution in [-0.4, -0.2) is 35.0 Å². The molecule has 0 aromatic carbocycles. The highest BCUT2D eigenvalue weighted by Crippen LogP contribution is 2.29. The van der Waals surface area contributed by atoms with Gasteiger partial charge in [-0.15, -0.1) is 11.3 Å². The highest BCUT2D eigenvalue weighted by Gasteiger charge is 2.26. The molecule has 1 aliphatic heterocycles. The summed E-state index contributed by atoms with van der Waals surface area (Å²) in [6.07, 6.45) is 2.49. The van der Waals surface area contributed by atoms with Crippen molar-refractivity contribution in [2.45, 2.75) is 32.7 Å². The van der Waals surface area contributed by atoms with Gasteiger partial charge in [-0.25, -0.2) is 0 Å². The molecule has 1 amide bonds. The van der Waals surface area contributed by atoms with Gasteiger partial charge in [-0.3, -0.25) is 9.69 Å². The average molecular weight is 346 g/mol. The molecule has 0 spiro atoms. The number of aryl methyl sites for hydroxylation is 1. The molecule has 1 fully saturated rings. The van der Waals surface area contributed by atoms with E-state index in [1.165, 1.54) is 17.7 Å². The van der Waals surface area contributed by atoms with Gasteiger partial charge in [0.2, 0.25) is 0 Å². The quantitative estimate of drug-likeness (QED) is 0.899. The SMILES string of the molecule is Cc1ccc(C(=O)NCC(c2cccs2)N2CCC(C)CC2)n1C. The molecule has 1 N–H and O–H groups in total. The zero-order valence-electron chi connectivity index (χ0n) is 14.8. The van der Waals surface area contributed by atoms with E-state index >= 15 is 0 Å². The van der Waals surface area contributed by atoms with E-state index < -0.39 is 0 Å². The van der Waals surface area contributed by atoms with Crippen LogP contribution in [0.25, 0.3) is 0 Å². The molecule has 1 aliphatic rings. The number of hydrogen-bond acceptors (Lipinski definition) is 3. The van der Waals surface area contributed by atoms with Crippen LogP contribution in [0.4, 0.5) is 0 Å². The van der Waals surface area contributed by atoms with E-state index in [2.05, 4.69) is 34.7 Å². The van der Waals surface area contributed by atoms with E-state index in [1.54, 1.807) is 11.3 Å². The number of aromatic nitrogens is 1. The Morgan fingerprint density at radius 2 is 2.08 bits per heavy atom. The van der Waals surface area contributed by atoms with Crippen LogP contribution in [0.1, 0.15) is 46.9 Å². The Balaban J connectivity index is 1.68. The van der Waals surface area contributed by atoms with Crippen molar-refractivity contribution in [1.82, 2.24) is 14.8 Å². The Hall–Kier alpha value is -1.59. The second-order valence-electron chi connectivity index (χ2n) is 6.88. The Morgan fingerprint density at radius 3 is 2.67 bits per heavy atom. The molecule has 4 nitrogen and oxygen atoms in total. The number of thiophene rings is 1. The van der Waals surface area contributed by atoms with Crippen molar-refractivity contribution in [3.63, 3.8) is 0 Å². The van der Waals surface area contributed by atoms with E-state index in [-0.39, 0.29) is 11.9 Å². The maximum atomic E-state index is 12.5. The van der Waals surface area contributed by atoms with Crippen LogP contribution in [0.5, 0.6) is 0 Å². The molecular formula is C19H27N3OS. The van der Waals surface area contributed by atoms with Crippen molar-refractivity contribution in [2.75, 3.05) is 19.6 Å². The van der Waals surface area contributed by atoms with E-state index in [4.69, 9.17) is 0 Å². The molecule has 0 bridgehead atoms. The van der Waals surface area contributed by atoms with Crippen molar-refractivity contribution in [3.8, 4) is 0 Å². The zero-order chi connectivity index (χ0) is 17.1. The van der Waals surface area contributed by atoms with Crippen LogP contribution in [0.15, 0.2) is 29.6 Å². The van der Waals surface area contributed by atoms with E-state index in [0.29, 0.717) is 6.54 Å². The zero-order valence-corrected chi connectivity index (χ0v) is 15.6. The second kappa shape index (κ2) is 7.53. The van der Waals surface area contributed by atoms with Crippen LogP contribution in [0.3, 0.4) is 0 Å². The first-order valence-corrected chi connectivity index (χ1v) is 9.62. The van der Waals surface area contributed by atoms with Crippen molar-refractivity contribution in [3.05, 3.63) is 45.9 Å². The molecule has 3 heterocycles. The number of nitrogens with zero attached hydrogens (tertiary/aromatic N) is 2. The minimum Gasteiger partial charge on any atom is -0.349 e. The van der Waals surface area contributed by atoms with E-state index in [1.807, 2.05) is 30.7 Å². The first kappa shape index (κ1) is 17.2. The number of nitrogens with one attached hydrogen (secondary N) is 1. The summed E-state index contributed by atoms with van der Waals surface area (Å²) in [5.41, 5.74) is 1.82. The summed E-state index contributed by atoms with van der Waals surface area (Å²) in [5.74, 6) is 0.823. The van der Waals surface area contributed by atoms with Crippen LogP contribution in [-0.2, 0) is 7.05 Å². The first-order chi connectivity index (χ1) is 11.6. The summed E-state index contributed by atoms with van der Waals surface area (Å²) in [6.45, 7) is 7.24. The van der Waals surface area contributed by atoms with Gasteiger partial charge in [0.25, 0.3) is 5.91 Å². The average Bonchev–Trinajstić information content (AvgIpc) is 3.21. The normalized spacial score (nSPS) is 17.8. The molecule has 0 aliphatic carbocycles. The Bertz CT molecular complexity index is 669. The maximum absolute atomic E-state index is 12.5. The Morgan fingerprint density at radius 1 is 1.33 bits per heavy atom. The summed E-state index contributed by atoms with van der Waals surface area (Å²) in [7, 11) is 1.94. The number of carbonyl (C=O) groups is 1. The van der Waals surface area contributed by atoms with Crippen LogP contribution in [0.2, 0.25) is 0 Å². The lowest BCUT2D eigenvalue weighted by Crippen LogP contribution is -2.41. The van der Waals surface area contributed by atoms with Gasteiger partial charge >= 0.3 is 0 Å². The third-order valence-electron chi connectivity index (χ3n) is 5.19. The van der Waals surface area contributed by atoms with E-state index in [9.17, 15) is 4.79 Å². The maximum Gasteiger partial charge on any atom is 0.267 e. The van der Waals surface area contributed by atoms with E-state index in [0.717, 1.165) is 30.4 Å². The van der Waals surface area contributed by atoms with Gasteiger partial charge in [-0.2, -0.15) is 0 Å². The number of likely N-dealkylation sites (tertiary alicyclic amines) is 1. The highest BCUT2D eigenvalue weighted by molar-refractivity contribution is 7.10. The van der Waals surface area contributed by atoms with Gasteiger partial charge in [0, 0.05) is 24.2 Å². The molecule has 3 rings (SSSR count). The first-order valence-electron chi connectivity index (χ1n) is 8.74. The van der Waals surface area contributed by atoms with Crippen molar-refractivity contribution < 1.29 is 4.79 Å². The van der Waals surface area contributed by atoms with Crippen molar-refractivity contribution in [1.29, 1.82) is 0 Å². The number of amides is 1. The van der Waals surface area contributed by atoms with Gasteiger partial charge in [-0.1, -0.05) is 13.0 Å². The standard InChI is InChI=1S/C19H27N3OS/c1-14-8-10-22(11-9-14)17(18-5-4-12-24-18)13-20-19(23)16-7-6-15(2)21(16)3/h4-7,12,14,17H,8-11,13H2,1-3H3,(H,20,23). The predicted molar refractivity (Wildman–Crippen MR) is 99.5 cm³/mol. The largest absolute Gasteiger partial charge is 0.349 e. The van der Waals surface area contributed by atoms with Gasteiger partial charge in [0.1, 0.15) is 5.69 Å². The fourth-order valence-electron chi connectivity index (χ4n) is 3.35. The molecule has 1 unspecified atom stereocenters. The molecular weight excluding hydrogens is 318 g/mol. The van der Waals surface area contributed by atoms with Gasteiger partial charge in [0.15, 0.2) is 0 Å². The summed E-state index contributed by atoms with van der Waals surface area (Å²) in [4.78, 5) is 16.4. The molecule has 5 heteroatoms. The minimum absolute atomic E-state index is 0.0116. The number of rotatable bonds is 5. The number of piperidine rings is 1. The molecule has 0 saturated carbocycles. The van der Waals surface area contributed by atoms with Crippen LogP contribution in [0, 0.1) is 12.8 Å². The van der Waals surface area contributed by atoms with Crippen molar-refractivity contribution >= 4 is 17.2 Å². The molecule has 130 valence electrons. The van der Waals surface area contributed by atoms with Crippen molar-refractivity contribution in [2.24, 2.45) is 13.0 Å². The third kappa shape index (κ3) is 3.73. The number of carbonyl (C=O) groups excluding carboxylic acids is 1. The van der Waals surface area contributed by atoms with Gasteiger partial charge in [0.05, 0.1) is 6.04 Å². The molecule has 2 aromatic rings. The lowest BCUT2D eigenvalue weighted by molar-refractivity contribution is 0.0907. The second-order valence-corrected chi connectivity index (χ2v) is 7.86. The summed E-state index contributed by atoms with van der Waals surface area (Å²) < 4.78 is 1.94. The smallest absolute Gasteiger partial charge is 0.267 e. The Labute approximate surface area is 148 Å². The van der Waals surface area contributed by atoms with Gasteiger partial charge in [-0.05, 0) is 62.4 Å².